The Morgan fingerprint density at radius 1 is 1.25 bits per heavy atom. The third-order valence-corrected chi connectivity index (χ3v) is 4.77. The number of carbonyl (C=O) groups is 2. The van der Waals surface area contributed by atoms with E-state index in [1.54, 1.807) is 12.1 Å². The lowest BCUT2D eigenvalue weighted by molar-refractivity contribution is -0.128. The molecule has 1 aromatic rings. The zero-order chi connectivity index (χ0) is 17.7. The van der Waals surface area contributed by atoms with E-state index in [-0.39, 0.29) is 35.0 Å². The third-order valence-electron chi connectivity index (χ3n) is 4.77. The molecule has 2 rings (SSSR count). The summed E-state index contributed by atoms with van der Waals surface area (Å²) < 4.78 is 0. The van der Waals surface area contributed by atoms with Gasteiger partial charge in [0, 0.05) is 23.9 Å². The fourth-order valence-electron chi connectivity index (χ4n) is 3.60. The first kappa shape index (κ1) is 18.4. The molecule has 1 aliphatic carbocycles. The number of hydrogen-bond donors (Lipinski definition) is 2. The largest absolute Gasteiger partial charge is 0.299 e. The molecule has 0 saturated carbocycles. The Morgan fingerprint density at radius 2 is 1.92 bits per heavy atom. The van der Waals surface area contributed by atoms with Crippen molar-refractivity contribution in [1.82, 2.24) is 10.9 Å². The van der Waals surface area contributed by atoms with Crippen LogP contribution in [-0.2, 0) is 4.79 Å². The van der Waals surface area contributed by atoms with Crippen molar-refractivity contribution in [2.45, 2.75) is 46.6 Å². The van der Waals surface area contributed by atoms with Gasteiger partial charge in [-0.3, -0.25) is 15.0 Å². The lowest BCUT2D eigenvalue weighted by atomic mass is 9.65. The molecule has 1 amide bonds. The molecule has 1 aliphatic rings. The summed E-state index contributed by atoms with van der Waals surface area (Å²) in [5.74, 6) is 0.346. The summed E-state index contributed by atoms with van der Waals surface area (Å²) in [6, 6.07) is 8.91. The number of allylic oxidation sites excluding steroid dienone is 2. The third kappa shape index (κ3) is 4.54. The predicted molar refractivity (Wildman–Crippen MR) is 96.3 cm³/mol. The van der Waals surface area contributed by atoms with Gasteiger partial charge in [-0.05, 0) is 36.8 Å². The molecule has 24 heavy (non-hydrogen) atoms. The van der Waals surface area contributed by atoms with E-state index < -0.39 is 0 Å². The molecule has 0 aliphatic heterocycles. The van der Waals surface area contributed by atoms with Crippen molar-refractivity contribution >= 4 is 11.7 Å². The average molecular weight is 328 g/mol. The van der Waals surface area contributed by atoms with Crippen LogP contribution < -0.4 is 10.9 Å². The van der Waals surface area contributed by atoms with Gasteiger partial charge in [0.05, 0.1) is 0 Å². The summed E-state index contributed by atoms with van der Waals surface area (Å²) in [7, 11) is 0. The summed E-state index contributed by atoms with van der Waals surface area (Å²) in [6.07, 6.45) is 5.65. The van der Waals surface area contributed by atoms with Crippen molar-refractivity contribution in [1.29, 1.82) is 0 Å². The van der Waals surface area contributed by atoms with Gasteiger partial charge in [-0.2, -0.15) is 0 Å². The standard InChI is InChI=1S/C20H28N2O2/c1-14-9-8-12-20(3,4)18(14)17(23)13-15(2)21-22-19(24)16-10-6-5-7-11-16/h5-11,14-15,18,21H,12-13H2,1-4H3,(H,22,24). The molecule has 4 nitrogen and oxygen atoms in total. The van der Waals surface area contributed by atoms with E-state index in [0.717, 1.165) is 6.42 Å². The molecule has 0 fully saturated rings. The van der Waals surface area contributed by atoms with Crippen molar-refractivity contribution in [3.05, 3.63) is 48.0 Å². The molecule has 0 spiro atoms. The Hall–Kier alpha value is -1.94. The van der Waals surface area contributed by atoms with Crippen LogP contribution in [0, 0.1) is 17.3 Å². The van der Waals surface area contributed by atoms with Crippen molar-refractivity contribution < 1.29 is 9.59 Å². The lowest BCUT2D eigenvalue weighted by Gasteiger charge is -2.39. The quantitative estimate of drug-likeness (QED) is 0.620. The van der Waals surface area contributed by atoms with Crippen LogP contribution in [-0.4, -0.2) is 17.7 Å². The minimum absolute atomic E-state index is 0.0156. The summed E-state index contributed by atoms with van der Waals surface area (Å²) in [5, 5.41) is 0. The van der Waals surface area contributed by atoms with Crippen molar-refractivity contribution in [2.75, 3.05) is 0 Å². The van der Waals surface area contributed by atoms with Crippen LogP contribution >= 0.6 is 0 Å². The topological polar surface area (TPSA) is 58.2 Å². The van der Waals surface area contributed by atoms with Gasteiger partial charge in [0.1, 0.15) is 5.78 Å². The second-order valence-electron chi connectivity index (χ2n) is 7.49. The van der Waals surface area contributed by atoms with Crippen LogP contribution in [0.15, 0.2) is 42.5 Å². The molecule has 2 N–H and O–H groups in total. The van der Waals surface area contributed by atoms with Gasteiger partial charge in [-0.1, -0.05) is 51.1 Å². The van der Waals surface area contributed by atoms with Crippen LogP contribution in [0.25, 0.3) is 0 Å². The van der Waals surface area contributed by atoms with Crippen molar-refractivity contribution in [3.8, 4) is 0 Å². The van der Waals surface area contributed by atoms with Gasteiger partial charge in [-0.15, -0.1) is 0 Å². The first-order valence-corrected chi connectivity index (χ1v) is 8.61. The summed E-state index contributed by atoms with van der Waals surface area (Å²) >= 11 is 0. The molecule has 3 atom stereocenters. The lowest BCUT2D eigenvalue weighted by Crippen LogP contribution is -2.46. The van der Waals surface area contributed by atoms with Crippen LogP contribution in [0.1, 0.15) is 50.9 Å². The summed E-state index contributed by atoms with van der Waals surface area (Å²) in [4.78, 5) is 24.8. The second-order valence-corrected chi connectivity index (χ2v) is 7.49. The Bertz CT molecular complexity index is 607. The van der Waals surface area contributed by atoms with E-state index in [9.17, 15) is 9.59 Å². The number of Topliss-reactive ketones (excluding diaryl/α,β-unsaturated/α-hetero) is 1. The number of benzene rings is 1. The number of ketones is 1. The number of carbonyl (C=O) groups excluding carboxylic acids is 2. The van der Waals surface area contributed by atoms with E-state index in [1.807, 2.05) is 25.1 Å². The Kier molecular flexibility index (Phi) is 5.94. The molecule has 4 heteroatoms. The maximum atomic E-state index is 12.8. The molecule has 1 aromatic carbocycles. The van der Waals surface area contributed by atoms with Crippen LogP contribution in [0.5, 0.6) is 0 Å². The number of amides is 1. The molecule has 0 radical (unpaired) electrons. The fraction of sp³-hybridized carbons (Fsp3) is 0.500. The Labute approximate surface area is 144 Å². The van der Waals surface area contributed by atoms with Gasteiger partial charge in [0.25, 0.3) is 5.91 Å². The van der Waals surface area contributed by atoms with E-state index in [4.69, 9.17) is 0 Å². The first-order valence-electron chi connectivity index (χ1n) is 8.61. The summed E-state index contributed by atoms with van der Waals surface area (Å²) in [6.45, 7) is 8.34. The molecule has 0 bridgehead atoms. The highest BCUT2D eigenvalue weighted by atomic mass is 16.2. The van der Waals surface area contributed by atoms with E-state index in [0.29, 0.717) is 12.0 Å². The highest BCUT2D eigenvalue weighted by Crippen LogP contribution is 2.41. The number of hydrogen-bond acceptors (Lipinski definition) is 3. The average Bonchev–Trinajstić information content (AvgIpc) is 2.52. The normalized spacial score (nSPS) is 23.5. The minimum atomic E-state index is -0.191. The fourth-order valence-corrected chi connectivity index (χ4v) is 3.60. The predicted octanol–water partition coefficient (Wildman–Crippen LogP) is 3.51. The molecule has 0 heterocycles. The monoisotopic (exact) mass is 328 g/mol. The molecule has 0 saturated heterocycles. The Balaban J connectivity index is 1.88. The highest BCUT2D eigenvalue weighted by molar-refractivity contribution is 5.93. The second kappa shape index (κ2) is 7.75. The zero-order valence-electron chi connectivity index (χ0n) is 15.0. The van der Waals surface area contributed by atoms with Crippen molar-refractivity contribution in [2.24, 2.45) is 17.3 Å². The number of hydrazine groups is 1. The SMILES string of the molecule is CC(CC(=O)C1C(C)C=CCC1(C)C)NNC(=O)c1ccccc1. The van der Waals surface area contributed by atoms with Crippen LogP contribution in [0.2, 0.25) is 0 Å². The molecule has 3 unspecified atom stereocenters. The van der Waals surface area contributed by atoms with Gasteiger partial charge in [0.2, 0.25) is 0 Å². The molecule has 0 aromatic heterocycles. The zero-order valence-corrected chi connectivity index (χ0v) is 15.0. The first-order chi connectivity index (χ1) is 11.3. The maximum absolute atomic E-state index is 12.8. The smallest absolute Gasteiger partial charge is 0.265 e. The van der Waals surface area contributed by atoms with Gasteiger partial charge >= 0.3 is 0 Å². The Morgan fingerprint density at radius 3 is 2.54 bits per heavy atom. The van der Waals surface area contributed by atoms with Crippen molar-refractivity contribution in [3.63, 3.8) is 0 Å². The van der Waals surface area contributed by atoms with Crippen LogP contribution in [0.3, 0.4) is 0 Å². The van der Waals surface area contributed by atoms with E-state index in [2.05, 4.69) is 43.8 Å². The molecular formula is C20H28N2O2. The number of rotatable bonds is 6. The molecule has 130 valence electrons. The van der Waals surface area contributed by atoms with Gasteiger partial charge in [0.15, 0.2) is 0 Å². The van der Waals surface area contributed by atoms with Gasteiger partial charge < -0.3 is 0 Å². The minimum Gasteiger partial charge on any atom is -0.299 e. The maximum Gasteiger partial charge on any atom is 0.265 e. The number of nitrogens with one attached hydrogen (secondary N) is 2. The van der Waals surface area contributed by atoms with Gasteiger partial charge in [-0.25, -0.2) is 5.43 Å². The van der Waals surface area contributed by atoms with Crippen LogP contribution in [0.4, 0.5) is 0 Å². The van der Waals surface area contributed by atoms with E-state index in [1.165, 1.54) is 0 Å². The van der Waals surface area contributed by atoms with E-state index >= 15 is 0 Å². The summed E-state index contributed by atoms with van der Waals surface area (Å²) in [5.41, 5.74) is 6.22. The molecular weight excluding hydrogens is 300 g/mol. The highest BCUT2D eigenvalue weighted by Gasteiger charge is 2.39.